The lowest BCUT2D eigenvalue weighted by Crippen LogP contribution is -2.18. The summed E-state index contributed by atoms with van der Waals surface area (Å²) in [6.45, 7) is 0.368. The van der Waals surface area contributed by atoms with Crippen LogP contribution in [0.4, 0.5) is 0 Å². The molecule has 0 saturated heterocycles. The lowest BCUT2D eigenvalue weighted by Gasteiger charge is -2.08. The molecule has 0 aliphatic rings. The molecular weight excluding hydrogens is 428 g/mol. The minimum absolute atomic E-state index is 0.0774. The Morgan fingerprint density at radius 2 is 1.84 bits per heavy atom. The monoisotopic (exact) mass is 446 g/mol. The topological polar surface area (TPSA) is 99.6 Å². The van der Waals surface area contributed by atoms with Crippen LogP contribution in [-0.2, 0) is 6.61 Å². The molecule has 32 heavy (non-hydrogen) atoms. The summed E-state index contributed by atoms with van der Waals surface area (Å²) in [6.07, 6.45) is 1.37. The van der Waals surface area contributed by atoms with Crippen LogP contribution in [0.25, 0.3) is 11.3 Å². The maximum absolute atomic E-state index is 12.3. The van der Waals surface area contributed by atoms with Gasteiger partial charge in [0.25, 0.3) is 5.91 Å². The zero-order valence-electron chi connectivity index (χ0n) is 16.8. The number of carbonyl (C=O) groups is 1. The van der Waals surface area contributed by atoms with E-state index < -0.39 is 5.91 Å². The Labute approximate surface area is 189 Å². The number of para-hydroxylation sites is 1. The molecule has 0 aliphatic heterocycles. The number of rotatable bonds is 7. The van der Waals surface area contributed by atoms with Crippen molar-refractivity contribution in [3.05, 3.63) is 101 Å². The molecule has 7 nitrogen and oxygen atoms in total. The van der Waals surface area contributed by atoms with Crippen molar-refractivity contribution in [2.75, 3.05) is 0 Å². The number of nitrogens with one attached hydrogen (secondary N) is 2. The normalized spacial score (nSPS) is 10.9. The van der Waals surface area contributed by atoms with Crippen molar-refractivity contribution in [3.63, 3.8) is 0 Å². The molecule has 1 heterocycles. The van der Waals surface area contributed by atoms with Gasteiger partial charge in [0.1, 0.15) is 23.8 Å². The molecule has 0 radical (unpaired) electrons. The number of carbonyl (C=O) groups excluding carboxylic acids is 1. The molecule has 0 fully saturated rings. The number of phenols is 1. The van der Waals surface area contributed by atoms with E-state index in [-0.39, 0.29) is 11.4 Å². The number of aromatic amines is 1. The number of hydrazone groups is 1. The van der Waals surface area contributed by atoms with Crippen molar-refractivity contribution in [1.29, 1.82) is 0 Å². The van der Waals surface area contributed by atoms with Crippen LogP contribution in [0.3, 0.4) is 0 Å². The highest BCUT2D eigenvalue weighted by atomic mass is 35.5. The summed E-state index contributed by atoms with van der Waals surface area (Å²) in [6, 6.07) is 23.2. The fraction of sp³-hybridized carbons (Fsp3) is 0.0417. The molecule has 3 aromatic carbocycles. The average molecular weight is 447 g/mol. The molecule has 0 spiro atoms. The van der Waals surface area contributed by atoms with E-state index in [1.807, 2.05) is 48.5 Å². The number of phenolic OH excluding ortho intramolecular Hbond substituents is 1. The zero-order chi connectivity index (χ0) is 22.3. The number of benzene rings is 3. The van der Waals surface area contributed by atoms with E-state index in [1.54, 1.807) is 24.3 Å². The maximum atomic E-state index is 12.3. The Hall–Kier alpha value is -4.10. The van der Waals surface area contributed by atoms with Crippen LogP contribution >= 0.6 is 11.6 Å². The van der Waals surface area contributed by atoms with E-state index in [1.165, 1.54) is 12.3 Å². The highest BCUT2D eigenvalue weighted by molar-refractivity contribution is 6.31. The molecule has 0 unspecified atom stereocenters. The van der Waals surface area contributed by atoms with Gasteiger partial charge in [-0.1, -0.05) is 41.9 Å². The van der Waals surface area contributed by atoms with Gasteiger partial charge in [-0.25, -0.2) is 5.43 Å². The summed E-state index contributed by atoms with van der Waals surface area (Å²) in [7, 11) is 0. The molecule has 0 bridgehead atoms. The molecule has 0 aliphatic carbocycles. The average Bonchev–Trinajstić information content (AvgIpc) is 3.31. The van der Waals surface area contributed by atoms with Gasteiger partial charge in [0.05, 0.1) is 11.9 Å². The molecular formula is C24H19ClN4O3. The lowest BCUT2D eigenvalue weighted by atomic mass is 10.1. The molecule has 0 saturated carbocycles. The second-order valence-electron chi connectivity index (χ2n) is 6.83. The predicted molar refractivity (Wildman–Crippen MR) is 123 cm³/mol. The highest BCUT2D eigenvalue weighted by Gasteiger charge is 2.11. The van der Waals surface area contributed by atoms with Gasteiger partial charge in [-0.05, 0) is 48.5 Å². The molecule has 4 aromatic rings. The number of hydrogen-bond donors (Lipinski definition) is 3. The Kier molecular flexibility index (Phi) is 6.48. The van der Waals surface area contributed by atoms with Crippen LogP contribution in [0.15, 0.2) is 84.0 Å². The van der Waals surface area contributed by atoms with Gasteiger partial charge in [-0.15, -0.1) is 0 Å². The van der Waals surface area contributed by atoms with Crippen LogP contribution in [-0.4, -0.2) is 27.4 Å². The zero-order valence-corrected chi connectivity index (χ0v) is 17.6. The van der Waals surface area contributed by atoms with Gasteiger partial charge in [0.2, 0.25) is 0 Å². The van der Waals surface area contributed by atoms with Gasteiger partial charge >= 0.3 is 0 Å². The van der Waals surface area contributed by atoms with E-state index in [0.717, 1.165) is 11.1 Å². The SMILES string of the molecule is O=C(N/N=C\c1ccccc1O)c1cc(-c2ccc(OCc3ccccc3Cl)cc2)n[nH]1. The molecule has 1 amide bonds. The maximum Gasteiger partial charge on any atom is 0.289 e. The van der Waals surface area contributed by atoms with E-state index in [4.69, 9.17) is 16.3 Å². The van der Waals surface area contributed by atoms with Crippen molar-refractivity contribution in [1.82, 2.24) is 15.6 Å². The predicted octanol–water partition coefficient (Wildman–Crippen LogP) is 4.78. The summed E-state index contributed by atoms with van der Waals surface area (Å²) >= 11 is 6.15. The van der Waals surface area contributed by atoms with Gasteiger partial charge in [0, 0.05) is 21.7 Å². The summed E-state index contributed by atoms with van der Waals surface area (Å²) in [4.78, 5) is 12.3. The van der Waals surface area contributed by atoms with Crippen molar-refractivity contribution in [2.24, 2.45) is 5.10 Å². The van der Waals surface area contributed by atoms with E-state index >= 15 is 0 Å². The number of halogens is 1. The Morgan fingerprint density at radius 1 is 1.09 bits per heavy atom. The Morgan fingerprint density at radius 3 is 2.62 bits per heavy atom. The van der Waals surface area contributed by atoms with E-state index in [9.17, 15) is 9.90 Å². The van der Waals surface area contributed by atoms with Crippen molar-refractivity contribution < 1.29 is 14.6 Å². The van der Waals surface area contributed by atoms with E-state index in [0.29, 0.717) is 28.6 Å². The quantitative estimate of drug-likeness (QED) is 0.281. The molecule has 8 heteroatoms. The second-order valence-corrected chi connectivity index (χ2v) is 7.24. The summed E-state index contributed by atoms with van der Waals surface area (Å²) in [5, 5.41) is 21.1. The van der Waals surface area contributed by atoms with Crippen LogP contribution in [0.2, 0.25) is 5.02 Å². The second kappa shape index (κ2) is 9.80. The van der Waals surface area contributed by atoms with Gasteiger partial charge in [-0.3, -0.25) is 9.89 Å². The van der Waals surface area contributed by atoms with Gasteiger partial charge < -0.3 is 9.84 Å². The largest absolute Gasteiger partial charge is 0.507 e. The first-order chi connectivity index (χ1) is 15.6. The first-order valence-corrected chi connectivity index (χ1v) is 10.1. The van der Waals surface area contributed by atoms with Gasteiger partial charge in [-0.2, -0.15) is 10.2 Å². The number of aromatic nitrogens is 2. The van der Waals surface area contributed by atoms with E-state index in [2.05, 4.69) is 20.7 Å². The molecule has 1 aromatic heterocycles. The minimum atomic E-state index is -0.449. The standard InChI is InChI=1S/C24H19ClN4O3/c25-20-7-3-1-6-18(20)15-32-19-11-9-16(10-12-19)21-13-22(28-27-21)24(31)29-26-14-17-5-2-4-8-23(17)30/h1-14,30H,15H2,(H,27,28)(H,29,31)/b26-14-. The highest BCUT2D eigenvalue weighted by Crippen LogP contribution is 2.23. The van der Waals surface area contributed by atoms with Crippen molar-refractivity contribution in [3.8, 4) is 22.8 Å². The summed E-state index contributed by atoms with van der Waals surface area (Å²) < 4.78 is 5.79. The molecule has 3 N–H and O–H groups in total. The number of nitrogens with zero attached hydrogens (tertiary/aromatic N) is 2. The fourth-order valence-electron chi connectivity index (χ4n) is 2.90. The van der Waals surface area contributed by atoms with Gasteiger partial charge in [0.15, 0.2) is 0 Å². The number of amides is 1. The molecule has 4 rings (SSSR count). The van der Waals surface area contributed by atoms with Crippen molar-refractivity contribution in [2.45, 2.75) is 6.61 Å². The summed E-state index contributed by atoms with van der Waals surface area (Å²) in [5.41, 5.74) is 5.50. The number of hydrogen-bond acceptors (Lipinski definition) is 5. The first-order valence-electron chi connectivity index (χ1n) is 9.73. The molecule has 0 atom stereocenters. The van der Waals surface area contributed by atoms with Crippen LogP contribution in [0, 0.1) is 0 Å². The fourth-order valence-corrected chi connectivity index (χ4v) is 3.09. The summed E-state index contributed by atoms with van der Waals surface area (Å²) in [5.74, 6) is 0.324. The first kappa shape index (κ1) is 21.1. The molecule has 160 valence electrons. The third-order valence-corrected chi connectivity index (χ3v) is 5.00. The van der Waals surface area contributed by atoms with Crippen molar-refractivity contribution >= 4 is 23.7 Å². The van der Waals surface area contributed by atoms with Crippen LogP contribution < -0.4 is 10.2 Å². The minimum Gasteiger partial charge on any atom is -0.507 e. The smallest absolute Gasteiger partial charge is 0.289 e. The third kappa shape index (κ3) is 5.14. The Balaban J connectivity index is 1.36. The van der Waals surface area contributed by atoms with Crippen LogP contribution in [0.5, 0.6) is 11.5 Å². The number of ether oxygens (including phenoxy) is 1. The Bertz CT molecular complexity index is 1250. The lowest BCUT2D eigenvalue weighted by molar-refractivity contribution is 0.0950. The third-order valence-electron chi connectivity index (χ3n) is 4.63. The van der Waals surface area contributed by atoms with Crippen LogP contribution in [0.1, 0.15) is 21.6 Å². The number of aromatic hydroxyl groups is 1. The number of H-pyrrole nitrogens is 1.